The summed E-state index contributed by atoms with van der Waals surface area (Å²) < 4.78 is 32.3. The lowest BCUT2D eigenvalue weighted by Crippen LogP contribution is -2.35. The zero-order valence-corrected chi connectivity index (χ0v) is 19.2. The number of piperidine rings is 1. The zero-order chi connectivity index (χ0) is 22.6. The molecule has 0 unspecified atom stereocenters. The number of anilines is 1. The number of hydrogen-bond acceptors (Lipinski definition) is 5. The SMILES string of the molecule is CCOC(=O)c1ccc(NC(=O)c2ccc(Cl)c(S(=O)(=O)N3CCCCC3)c2)cc1Cl. The number of rotatable bonds is 6. The van der Waals surface area contributed by atoms with Gasteiger partial charge >= 0.3 is 5.97 Å². The summed E-state index contributed by atoms with van der Waals surface area (Å²) in [4.78, 5) is 24.5. The van der Waals surface area contributed by atoms with Gasteiger partial charge in [-0.05, 0) is 56.2 Å². The van der Waals surface area contributed by atoms with Crippen molar-refractivity contribution in [2.45, 2.75) is 31.1 Å². The highest BCUT2D eigenvalue weighted by Gasteiger charge is 2.28. The van der Waals surface area contributed by atoms with E-state index < -0.39 is 21.9 Å². The van der Waals surface area contributed by atoms with E-state index >= 15 is 0 Å². The molecule has 0 aliphatic carbocycles. The van der Waals surface area contributed by atoms with Crippen LogP contribution in [0.25, 0.3) is 0 Å². The highest BCUT2D eigenvalue weighted by atomic mass is 35.5. The van der Waals surface area contributed by atoms with Crippen LogP contribution in [-0.2, 0) is 14.8 Å². The van der Waals surface area contributed by atoms with Gasteiger partial charge in [-0.25, -0.2) is 13.2 Å². The highest BCUT2D eigenvalue weighted by molar-refractivity contribution is 7.89. The van der Waals surface area contributed by atoms with Crippen LogP contribution in [0.2, 0.25) is 10.0 Å². The van der Waals surface area contributed by atoms with Gasteiger partial charge in [0.25, 0.3) is 5.91 Å². The second-order valence-electron chi connectivity index (χ2n) is 6.98. The van der Waals surface area contributed by atoms with Crippen molar-refractivity contribution >= 4 is 50.8 Å². The van der Waals surface area contributed by atoms with E-state index in [0.717, 1.165) is 19.3 Å². The van der Waals surface area contributed by atoms with Crippen LogP contribution >= 0.6 is 23.2 Å². The van der Waals surface area contributed by atoms with E-state index in [1.165, 1.54) is 40.7 Å². The summed E-state index contributed by atoms with van der Waals surface area (Å²) >= 11 is 12.3. The monoisotopic (exact) mass is 484 g/mol. The Morgan fingerprint density at radius 1 is 1.03 bits per heavy atom. The molecule has 0 aromatic heterocycles. The molecule has 2 aromatic rings. The molecular weight excluding hydrogens is 463 g/mol. The van der Waals surface area contributed by atoms with Crippen LogP contribution in [0.15, 0.2) is 41.3 Å². The van der Waals surface area contributed by atoms with Crippen molar-refractivity contribution < 1.29 is 22.7 Å². The predicted molar refractivity (Wildman–Crippen MR) is 119 cm³/mol. The summed E-state index contributed by atoms with van der Waals surface area (Å²) in [5, 5.41) is 2.83. The van der Waals surface area contributed by atoms with Crippen LogP contribution < -0.4 is 5.32 Å². The summed E-state index contributed by atoms with van der Waals surface area (Å²) in [6.07, 6.45) is 2.57. The minimum atomic E-state index is -3.80. The molecule has 1 aliphatic rings. The summed E-state index contributed by atoms with van der Waals surface area (Å²) in [5.74, 6) is -1.10. The Balaban J connectivity index is 1.82. The zero-order valence-electron chi connectivity index (χ0n) is 16.9. The average molecular weight is 485 g/mol. The van der Waals surface area contributed by atoms with Gasteiger partial charge in [0.2, 0.25) is 10.0 Å². The highest BCUT2D eigenvalue weighted by Crippen LogP contribution is 2.28. The third-order valence-electron chi connectivity index (χ3n) is 4.85. The van der Waals surface area contributed by atoms with Crippen molar-refractivity contribution in [1.29, 1.82) is 0 Å². The lowest BCUT2D eigenvalue weighted by atomic mass is 10.1. The summed E-state index contributed by atoms with van der Waals surface area (Å²) in [5.41, 5.74) is 0.659. The van der Waals surface area contributed by atoms with Crippen LogP contribution in [0.4, 0.5) is 5.69 Å². The first-order valence-corrected chi connectivity index (χ1v) is 12.0. The Morgan fingerprint density at radius 3 is 2.39 bits per heavy atom. The molecule has 1 N–H and O–H groups in total. The topological polar surface area (TPSA) is 92.8 Å². The Kier molecular flexibility index (Phi) is 7.59. The van der Waals surface area contributed by atoms with Crippen LogP contribution in [0.5, 0.6) is 0 Å². The largest absolute Gasteiger partial charge is 0.462 e. The number of halogens is 2. The van der Waals surface area contributed by atoms with E-state index in [-0.39, 0.29) is 32.7 Å². The second kappa shape index (κ2) is 9.99. The van der Waals surface area contributed by atoms with Gasteiger partial charge < -0.3 is 10.1 Å². The smallest absolute Gasteiger partial charge is 0.339 e. The van der Waals surface area contributed by atoms with Crippen molar-refractivity contribution in [3.8, 4) is 0 Å². The van der Waals surface area contributed by atoms with Crippen molar-refractivity contribution in [2.24, 2.45) is 0 Å². The molecule has 0 bridgehead atoms. The standard InChI is InChI=1S/C21H22Cl2N2O5S/c1-2-30-21(27)16-8-7-15(13-18(16)23)24-20(26)14-6-9-17(22)19(12-14)31(28,29)25-10-4-3-5-11-25/h6-9,12-13H,2-5,10-11H2,1H3,(H,24,26). The Bertz CT molecular complexity index is 1100. The maximum Gasteiger partial charge on any atom is 0.339 e. The van der Waals surface area contributed by atoms with Crippen molar-refractivity contribution in [3.05, 3.63) is 57.6 Å². The van der Waals surface area contributed by atoms with Gasteiger partial charge in [0.15, 0.2) is 0 Å². The van der Waals surface area contributed by atoms with Crippen LogP contribution in [0, 0.1) is 0 Å². The maximum absolute atomic E-state index is 13.0. The molecule has 1 fully saturated rings. The Hall–Kier alpha value is -2.13. The molecule has 1 amide bonds. The minimum Gasteiger partial charge on any atom is -0.462 e. The van der Waals surface area contributed by atoms with Crippen LogP contribution in [-0.4, -0.2) is 44.3 Å². The first-order valence-electron chi connectivity index (χ1n) is 9.81. The number of carbonyl (C=O) groups is 2. The molecule has 2 aromatic carbocycles. The van der Waals surface area contributed by atoms with Gasteiger partial charge in [-0.15, -0.1) is 0 Å². The van der Waals surface area contributed by atoms with E-state index in [1.807, 2.05) is 0 Å². The number of nitrogens with one attached hydrogen (secondary N) is 1. The minimum absolute atomic E-state index is 0.0592. The van der Waals surface area contributed by atoms with E-state index in [2.05, 4.69) is 5.32 Å². The molecule has 0 radical (unpaired) electrons. The van der Waals surface area contributed by atoms with E-state index in [0.29, 0.717) is 18.8 Å². The molecule has 1 aliphatic heterocycles. The first kappa shape index (κ1) is 23.5. The number of benzene rings is 2. The summed E-state index contributed by atoms with van der Waals surface area (Å²) in [6, 6.07) is 8.50. The number of carbonyl (C=O) groups excluding carboxylic acids is 2. The predicted octanol–water partition coefficient (Wildman–Crippen LogP) is 4.60. The number of sulfonamides is 1. The van der Waals surface area contributed by atoms with E-state index in [4.69, 9.17) is 27.9 Å². The molecule has 0 atom stereocenters. The number of hydrogen-bond donors (Lipinski definition) is 1. The van der Waals surface area contributed by atoms with Gasteiger partial charge in [0.05, 0.1) is 22.2 Å². The Labute approximate surface area is 191 Å². The molecule has 31 heavy (non-hydrogen) atoms. The van der Waals surface area contributed by atoms with E-state index in [1.54, 1.807) is 6.92 Å². The molecule has 7 nitrogen and oxygen atoms in total. The lowest BCUT2D eigenvalue weighted by molar-refractivity contribution is 0.0526. The molecule has 3 rings (SSSR count). The number of esters is 1. The van der Waals surface area contributed by atoms with Crippen molar-refractivity contribution in [2.75, 3.05) is 25.0 Å². The fourth-order valence-corrected chi connectivity index (χ4v) is 5.53. The summed E-state index contributed by atoms with van der Waals surface area (Å²) in [6.45, 7) is 2.76. The van der Waals surface area contributed by atoms with Gasteiger partial charge in [0.1, 0.15) is 4.90 Å². The normalized spacial score (nSPS) is 14.8. The van der Waals surface area contributed by atoms with Gasteiger partial charge in [-0.1, -0.05) is 29.6 Å². The molecule has 0 spiro atoms. The fourth-order valence-electron chi connectivity index (χ4n) is 3.26. The van der Waals surface area contributed by atoms with Crippen molar-refractivity contribution in [3.63, 3.8) is 0 Å². The summed E-state index contributed by atoms with van der Waals surface area (Å²) in [7, 11) is -3.80. The van der Waals surface area contributed by atoms with Gasteiger partial charge in [-0.3, -0.25) is 4.79 Å². The maximum atomic E-state index is 13.0. The van der Waals surface area contributed by atoms with E-state index in [9.17, 15) is 18.0 Å². The van der Waals surface area contributed by atoms with Crippen molar-refractivity contribution in [1.82, 2.24) is 4.31 Å². The Morgan fingerprint density at radius 2 is 1.74 bits per heavy atom. The van der Waals surface area contributed by atoms with Gasteiger partial charge in [-0.2, -0.15) is 4.31 Å². The molecule has 1 heterocycles. The quantitative estimate of drug-likeness (QED) is 0.604. The number of nitrogens with zero attached hydrogens (tertiary/aromatic N) is 1. The lowest BCUT2D eigenvalue weighted by Gasteiger charge is -2.26. The van der Waals surface area contributed by atoms with Crippen LogP contribution in [0.1, 0.15) is 46.9 Å². The molecule has 0 saturated carbocycles. The fraction of sp³-hybridized carbons (Fsp3) is 0.333. The van der Waals surface area contributed by atoms with Gasteiger partial charge in [0, 0.05) is 24.3 Å². The molecule has 166 valence electrons. The third-order valence-corrected chi connectivity index (χ3v) is 7.54. The van der Waals surface area contributed by atoms with Crippen LogP contribution in [0.3, 0.4) is 0 Å². The second-order valence-corrected chi connectivity index (χ2v) is 9.70. The average Bonchev–Trinajstić information content (AvgIpc) is 2.74. The molecule has 1 saturated heterocycles. The molecule has 10 heteroatoms. The first-order chi connectivity index (χ1) is 14.7. The molecular formula is C21H22Cl2N2O5S. The number of amides is 1. The number of ether oxygens (including phenoxy) is 1. The third kappa shape index (κ3) is 5.38.